The Kier molecular flexibility index (Phi) is 7.38. The molecule has 1 aromatic carbocycles. The van der Waals surface area contributed by atoms with Crippen LogP contribution in [0.15, 0.2) is 18.2 Å². The molecule has 1 aliphatic carbocycles. The number of esters is 1. The summed E-state index contributed by atoms with van der Waals surface area (Å²) in [5, 5.41) is 3.80. The molecular weight excluding hydrogens is 349 g/mol. The average Bonchev–Trinajstić information content (AvgIpc) is 2.56. The number of halogens is 2. The topological polar surface area (TPSA) is 55.4 Å². The maximum absolute atomic E-state index is 12.1. The second kappa shape index (κ2) is 9.28. The maximum Gasteiger partial charge on any atom is 0.311 e. The highest BCUT2D eigenvalue weighted by atomic mass is 35.5. The Balaban J connectivity index is 1.76. The van der Waals surface area contributed by atoms with Crippen LogP contribution in [0.3, 0.4) is 0 Å². The number of hydrogen-bond acceptors (Lipinski definition) is 3. The van der Waals surface area contributed by atoms with Gasteiger partial charge >= 0.3 is 5.97 Å². The van der Waals surface area contributed by atoms with E-state index in [9.17, 15) is 9.59 Å². The van der Waals surface area contributed by atoms with Gasteiger partial charge in [-0.2, -0.15) is 0 Å². The monoisotopic (exact) mass is 371 g/mol. The number of hydrogen-bond donors (Lipinski definition) is 1. The molecule has 1 aliphatic rings. The van der Waals surface area contributed by atoms with Crippen molar-refractivity contribution in [2.75, 3.05) is 6.54 Å². The molecule has 6 heteroatoms. The summed E-state index contributed by atoms with van der Waals surface area (Å²) in [6, 6.07) is 4.92. The Bertz CT molecular complexity index is 586. The lowest BCUT2D eigenvalue weighted by molar-refractivity contribution is -0.154. The fraction of sp³-hybridized carbons (Fsp3) is 0.556. The summed E-state index contributed by atoms with van der Waals surface area (Å²) in [7, 11) is 0. The van der Waals surface area contributed by atoms with E-state index in [0.717, 1.165) is 12.8 Å². The highest BCUT2D eigenvalue weighted by molar-refractivity contribution is 6.35. The normalized spacial score (nSPS) is 16.5. The van der Waals surface area contributed by atoms with E-state index in [0.29, 0.717) is 28.1 Å². The van der Waals surface area contributed by atoms with Crippen molar-refractivity contribution in [3.05, 3.63) is 33.8 Å². The van der Waals surface area contributed by atoms with E-state index in [1.807, 2.05) is 0 Å². The lowest BCUT2D eigenvalue weighted by atomic mass is 9.89. The Labute approximate surface area is 152 Å². The van der Waals surface area contributed by atoms with Crippen molar-refractivity contribution in [2.45, 2.75) is 51.6 Å². The van der Waals surface area contributed by atoms with Gasteiger partial charge in [0.2, 0.25) is 0 Å². The lowest BCUT2D eigenvalue weighted by Crippen LogP contribution is -2.39. The first-order valence-electron chi connectivity index (χ1n) is 8.37. The van der Waals surface area contributed by atoms with Crippen LogP contribution in [0.5, 0.6) is 0 Å². The van der Waals surface area contributed by atoms with Crippen LogP contribution in [-0.4, -0.2) is 24.5 Å². The highest BCUT2D eigenvalue weighted by Crippen LogP contribution is 2.23. The Morgan fingerprint density at radius 2 is 1.96 bits per heavy atom. The molecule has 0 aromatic heterocycles. The minimum Gasteiger partial charge on any atom is -0.452 e. The van der Waals surface area contributed by atoms with E-state index >= 15 is 0 Å². The van der Waals surface area contributed by atoms with Crippen LogP contribution in [-0.2, 0) is 20.7 Å². The van der Waals surface area contributed by atoms with Gasteiger partial charge < -0.3 is 10.1 Å². The number of carbonyl (C=O) groups is 2. The smallest absolute Gasteiger partial charge is 0.311 e. The minimum absolute atomic E-state index is 0.0102. The van der Waals surface area contributed by atoms with Crippen molar-refractivity contribution in [1.82, 2.24) is 5.32 Å². The van der Waals surface area contributed by atoms with Crippen molar-refractivity contribution in [1.29, 1.82) is 0 Å². The summed E-state index contributed by atoms with van der Waals surface area (Å²) in [4.78, 5) is 24.0. The van der Waals surface area contributed by atoms with Gasteiger partial charge in [0, 0.05) is 16.6 Å². The molecule has 24 heavy (non-hydrogen) atoms. The fourth-order valence-corrected chi connectivity index (χ4v) is 3.37. The molecule has 0 radical (unpaired) electrons. The first-order chi connectivity index (χ1) is 11.5. The summed E-state index contributed by atoms with van der Waals surface area (Å²) in [5.74, 6) is -0.200. The van der Waals surface area contributed by atoms with Crippen LogP contribution in [0.4, 0.5) is 0 Å². The first kappa shape index (κ1) is 19.1. The van der Waals surface area contributed by atoms with E-state index in [-0.39, 0.29) is 12.3 Å². The maximum atomic E-state index is 12.1. The molecule has 0 saturated heterocycles. The zero-order valence-electron chi connectivity index (χ0n) is 13.8. The number of nitrogens with one attached hydrogen (secondary N) is 1. The summed E-state index contributed by atoms with van der Waals surface area (Å²) >= 11 is 11.9. The summed E-state index contributed by atoms with van der Waals surface area (Å²) in [5.41, 5.74) is 0.626. The molecule has 1 amide bonds. The second-order valence-electron chi connectivity index (χ2n) is 6.29. The van der Waals surface area contributed by atoms with Crippen LogP contribution in [0.25, 0.3) is 0 Å². The zero-order valence-corrected chi connectivity index (χ0v) is 15.3. The van der Waals surface area contributed by atoms with E-state index < -0.39 is 12.1 Å². The van der Waals surface area contributed by atoms with E-state index in [2.05, 4.69) is 5.32 Å². The van der Waals surface area contributed by atoms with E-state index in [1.54, 1.807) is 25.1 Å². The first-order valence-corrected chi connectivity index (χ1v) is 9.12. The van der Waals surface area contributed by atoms with Crippen molar-refractivity contribution in [2.24, 2.45) is 5.92 Å². The van der Waals surface area contributed by atoms with E-state index in [4.69, 9.17) is 27.9 Å². The van der Waals surface area contributed by atoms with Gasteiger partial charge in [-0.25, -0.2) is 0 Å². The molecule has 1 saturated carbocycles. The molecule has 0 bridgehead atoms. The Morgan fingerprint density at radius 1 is 1.25 bits per heavy atom. The van der Waals surface area contributed by atoms with Crippen molar-refractivity contribution in [3.63, 3.8) is 0 Å². The van der Waals surface area contributed by atoms with Gasteiger partial charge in [0.25, 0.3) is 5.91 Å². The average molecular weight is 372 g/mol. The molecule has 132 valence electrons. The van der Waals surface area contributed by atoms with E-state index in [1.165, 1.54) is 19.3 Å². The number of ether oxygens (including phenoxy) is 1. The van der Waals surface area contributed by atoms with Crippen LogP contribution in [0.1, 0.15) is 44.6 Å². The van der Waals surface area contributed by atoms with Crippen molar-refractivity contribution < 1.29 is 14.3 Å². The van der Waals surface area contributed by atoms with Crippen LogP contribution in [0.2, 0.25) is 10.0 Å². The molecule has 0 unspecified atom stereocenters. The van der Waals surface area contributed by atoms with Gasteiger partial charge in [-0.15, -0.1) is 0 Å². The molecule has 0 spiro atoms. The molecule has 1 N–H and O–H groups in total. The number of benzene rings is 1. The van der Waals surface area contributed by atoms with Crippen molar-refractivity contribution in [3.8, 4) is 0 Å². The number of carbonyl (C=O) groups excluding carboxylic acids is 2. The van der Waals surface area contributed by atoms with Gasteiger partial charge in [0.1, 0.15) is 0 Å². The minimum atomic E-state index is -0.813. The molecule has 4 nitrogen and oxygen atoms in total. The molecular formula is C18H23Cl2NO3. The molecule has 1 fully saturated rings. The second-order valence-corrected chi connectivity index (χ2v) is 7.14. The number of rotatable bonds is 6. The quantitative estimate of drug-likeness (QED) is 0.763. The third-order valence-corrected chi connectivity index (χ3v) is 4.90. The molecule has 1 aromatic rings. The lowest BCUT2D eigenvalue weighted by Gasteiger charge is -2.22. The third kappa shape index (κ3) is 5.99. The van der Waals surface area contributed by atoms with Gasteiger partial charge in [0.05, 0.1) is 6.42 Å². The van der Waals surface area contributed by atoms with Gasteiger partial charge in [-0.05, 0) is 43.4 Å². The molecule has 0 heterocycles. The van der Waals surface area contributed by atoms with Crippen molar-refractivity contribution >= 4 is 35.1 Å². The van der Waals surface area contributed by atoms with Crippen LogP contribution < -0.4 is 5.32 Å². The van der Waals surface area contributed by atoms with Crippen LogP contribution >= 0.6 is 23.2 Å². The largest absolute Gasteiger partial charge is 0.452 e. The number of amides is 1. The fourth-order valence-electron chi connectivity index (χ4n) is 2.89. The Hall–Kier alpha value is -1.26. The van der Waals surface area contributed by atoms with Gasteiger partial charge in [-0.3, -0.25) is 9.59 Å². The standard InChI is InChI=1S/C18H23Cl2NO3/c1-12(18(23)21-11-13-5-3-2-4-6-13)24-17(22)9-14-7-8-15(19)10-16(14)20/h7-8,10,12-13H,2-6,9,11H2,1H3,(H,21,23)/t12-/m0/s1. The predicted molar refractivity (Wildman–Crippen MR) is 95.3 cm³/mol. The SMILES string of the molecule is C[C@H](OC(=O)Cc1ccc(Cl)cc1Cl)C(=O)NCC1CCCCC1. The highest BCUT2D eigenvalue weighted by Gasteiger charge is 2.20. The summed E-state index contributed by atoms with van der Waals surface area (Å²) in [6.07, 6.45) is 5.25. The Morgan fingerprint density at radius 3 is 2.62 bits per heavy atom. The molecule has 0 aliphatic heterocycles. The van der Waals surface area contributed by atoms with Gasteiger partial charge in [0.15, 0.2) is 6.10 Å². The zero-order chi connectivity index (χ0) is 17.5. The third-order valence-electron chi connectivity index (χ3n) is 4.32. The summed E-state index contributed by atoms with van der Waals surface area (Å²) in [6.45, 7) is 2.24. The van der Waals surface area contributed by atoms with Gasteiger partial charge in [-0.1, -0.05) is 48.5 Å². The summed E-state index contributed by atoms with van der Waals surface area (Å²) < 4.78 is 5.20. The molecule has 2 rings (SSSR count). The predicted octanol–water partition coefficient (Wildman–Crippen LogP) is 4.16. The molecule has 1 atom stereocenters. The van der Waals surface area contributed by atoms with Crippen LogP contribution in [0, 0.1) is 5.92 Å².